The summed E-state index contributed by atoms with van der Waals surface area (Å²) in [5.74, 6) is 0.00934. The van der Waals surface area contributed by atoms with E-state index in [9.17, 15) is 18.5 Å². The number of hydrogen-bond donors (Lipinski definition) is 0. The van der Waals surface area contributed by atoms with E-state index in [0.717, 1.165) is 17.7 Å². The number of aryl methyl sites for hydroxylation is 1. The number of ether oxygens (including phenoxy) is 1. The topological polar surface area (TPSA) is 95.7 Å². The molecule has 2 aromatic carbocycles. The van der Waals surface area contributed by atoms with Gasteiger partial charge in [0.15, 0.2) is 4.90 Å². The van der Waals surface area contributed by atoms with E-state index in [0.29, 0.717) is 11.4 Å². The van der Waals surface area contributed by atoms with Crippen LogP contribution in [0.2, 0.25) is 5.02 Å². The van der Waals surface area contributed by atoms with E-state index in [1.165, 1.54) is 31.4 Å². The van der Waals surface area contributed by atoms with E-state index in [1.807, 2.05) is 6.92 Å². The maximum Gasteiger partial charge on any atom is 0.343 e. The first-order valence-electron chi connectivity index (χ1n) is 6.84. The lowest BCUT2D eigenvalue weighted by Crippen LogP contribution is -2.12. The second-order valence-electron chi connectivity index (χ2n) is 4.74. The Morgan fingerprint density at radius 2 is 1.92 bits per heavy atom. The molecular formula is C15H14ClNO6S. The molecular weight excluding hydrogens is 358 g/mol. The maximum absolute atomic E-state index is 12.5. The molecule has 2 rings (SSSR count). The highest BCUT2D eigenvalue weighted by Gasteiger charge is 2.25. The lowest BCUT2D eigenvalue weighted by atomic mass is 10.2. The van der Waals surface area contributed by atoms with E-state index in [1.54, 1.807) is 0 Å². The molecule has 0 N–H and O–H groups in total. The number of hydrogen-bond acceptors (Lipinski definition) is 6. The van der Waals surface area contributed by atoms with Crippen molar-refractivity contribution < 1.29 is 22.3 Å². The highest BCUT2D eigenvalue weighted by molar-refractivity contribution is 7.87. The molecule has 0 atom stereocenters. The molecule has 0 aliphatic carbocycles. The summed E-state index contributed by atoms with van der Waals surface area (Å²) in [6, 6.07) is 7.68. The highest BCUT2D eigenvalue weighted by atomic mass is 35.5. The van der Waals surface area contributed by atoms with Crippen LogP contribution in [-0.2, 0) is 16.5 Å². The predicted octanol–water partition coefficient (Wildman–Crippen LogP) is 3.59. The Balaban J connectivity index is 2.47. The largest absolute Gasteiger partial charge is 0.495 e. The fourth-order valence-electron chi connectivity index (χ4n) is 2.02. The second-order valence-corrected chi connectivity index (χ2v) is 6.66. The van der Waals surface area contributed by atoms with E-state index < -0.39 is 19.9 Å². The number of methoxy groups -OCH3 is 1. The van der Waals surface area contributed by atoms with Gasteiger partial charge in [0.25, 0.3) is 5.69 Å². The van der Waals surface area contributed by atoms with Gasteiger partial charge < -0.3 is 8.92 Å². The Morgan fingerprint density at radius 1 is 1.21 bits per heavy atom. The van der Waals surface area contributed by atoms with Crippen molar-refractivity contribution in [3.8, 4) is 11.5 Å². The molecule has 0 bridgehead atoms. The predicted molar refractivity (Wildman–Crippen MR) is 88.3 cm³/mol. The molecule has 0 radical (unpaired) electrons. The van der Waals surface area contributed by atoms with Gasteiger partial charge in [0.2, 0.25) is 0 Å². The summed E-state index contributed by atoms with van der Waals surface area (Å²) in [5.41, 5.74) is 0.332. The average molecular weight is 372 g/mol. The normalized spacial score (nSPS) is 11.1. The van der Waals surface area contributed by atoms with Crippen LogP contribution in [0.15, 0.2) is 41.3 Å². The molecule has 0 aliphatic rings. The number of nitrogens with zero attached hydrogens (tertiary/aromatic N) is 1. The summed E-state index contributed by atoms with van der Waals surface area (Å²) in [6.45, 7) is 1.86. The van der Waals surface area contributed by atoms with Gasteiger partial charge in [-0.15, -0.1) is 0 Å². The quantitative estimate of drug-likeness (QED) is 0.437. The van der Waals surface area contributed by atoms with Crippen LogP contribution in [0.5, 0.6) is 11.5 Å². The molecule has 0 fully saturated rings. The van der Waals surface area contributed by atoms with Gasteiger partial charge in [-0.3, -0.25) is 10.1 Å². The molecule has 0 aliphatic heterocycles. The monoisotopic (exact) mass is 371 g/mol. The SMILES string of the molecule is CCc1cc(OS(=O)(=O)c2cc([N+](=O)[O-])ccc2OC)ccc1Cl. The number of nitro groups is 1. The molecule has 0 saturated heterocycles. The van der Waals surface area contributed by atoms with Crippen molar-refractivity contribution in [1.82, 2.24) is 0 Å². The van der Waals surface area contributed by atoms with Crippen molar-refractivity contribution in [3.63, 3.8) is 0 Å². The zero-order valence-electron chi connectivity index (χ0n) is 12.9. The first-order valence-corrected chi connectivity index (χ1v) is 8.62. The summed E-state index contributed by atoms with van der Waals surface area (Å²) in [4.78, 5) is 9.75. The lowest BCUT2D eigenvalue weighted by Gasteiger charge is -2.11. The van der Waals surface area contributed by atoms with Crippen molar-refractivity contribution in [3.05, 3.63) is 57.1 Å². The molecule has 24 heavy (non-hydrogen) atoms. The van der Waals surface area contributed by atoms with Crippen LogP contribution in [0, 0.1) is 10.1 Å². The minimum atomic E-state index is -4.32. The van der Waals surface area contributed by atoms with Gasteiger partial charge in [-0.25, -0.2) is 0 Å². The van der Waals surface area contributed by atoms with E-state index in [2.05, 4.69) is 0 Å². The standard InChI is InChI=1S/C15H14ClNO6S/c1-3-10-8-12(5-6-13(10)16)23-24(20,21)15-9-11(17(18)19)4-7-14(15)22-2/h4-9H,3H2,1-2H3. The molecule has 0 heterocycles. The third-order valence-corrected chi connectivity index (χ3v) is 4.87. The smallest absolute Gasteiger partial charge is 0.343 e. The number of non-ortho nitro benzene ring substituents is 1. The summed E-state index contributed by atoms with van der Waals surface area (Å²) in [7, 11) is -3.06. The fraction of sp³-hybridized carbons (Fsp3) is 0.200. The highest BCUT2D eigenvalue weighted by Crippen LogP contribution is 2.31. The second kappa shape index (κ2) is 7.06. The van der Waals surface area contributed by atoms with E-state index in [-0.39, 0.29) is 17.2 Å². The van der Waals surface area contributed by atoms with Gasteiger partial charge in [-0.05, 0) is 36.2 Å². The minimum Gasteiger partial charge on any atom is -0.495 e. The minimum absolute atomic E-state index is 0.0507. The van der Waals surface area contributed by atoms with Gasteiger partial charge in [-0.1, -0.05) is 18.5 Å². The molecule has 2 aromatic rings. The van der Waals surface area contributed by atoms with E-state index >= 15 is 0 Å². The zero-order valence-corrected chi connectivity index (χ0v) is 14.4. The molecule has 0 unspecified atom stereocenters. The van der Waals surface area contributed by atoms with Gasteiger partial charge in [0.05, 0.1) is 12.0 Å². The summed E-state index contributed by atoms with van der Waals surface area (Å²) in [5, 5.41) is 11.4. The van der Waals surface area contributed by atoms with Crippen LogP contribution in [0.3, 0.4) is 0 Å². The lowest BCUT2D eigenvalue weighted by molar-refractivity contribution is -0.385. The Hall–Kier alpha value is -2.32. The van der Waals surface area contributed by atoms with Crippen LogP contribution < -0.4 is 8.92 Å². The van der Waals surface area contributed by atoms with Crippen LogP contribution >= 0.6 is 11.6 Å². The Kier molecular flexibility index (Phi) is 5.30. The third kappa shape index (κ3) is 3.77. The molecule has 128 valence electrons. The van der Waals surface area contributed by atoms with Gasteiger partial charge in [0.1, 0.15) is 11.5 Å². The number of nitro benzene ring substituents is 1. The number of rotatable bonds is 6. The maximum atomic E-state index is 12.5. The zero-order chi connectivity index (χ0) is 17.9. The summed E-state index contributed by atoms with van der Waals surface area (Å²) < 4.78 is 35.0. The van der Waals surface area contributed by atoms with Gasteiger partial charge in [-0.2, -0.15) is 8.42 Å². The first-order chi connectivity index (χ1) is 11.3. The number of halogens is 1. The summed E-state index contributed by atoms with van der Waals surface area (Å²) >= 11 is 5.99. The molecule has 0 amide bonds. The fourth-order valence-corrected chi connectivity index (χ4v) is 3.38. The Labute approximate surface area is 144 Å². The third-order valence-electron chi connectivity index (χ3n) is 3.23. The molecule has 0 spiro atoms. The summed E-state index contributed by atoms with van der Waals surface area (Å²) in [6.07, 6.45) is 0.593. The first kappa shape index (κ1) is 18.0. The van der Waals surface area contributed by atoms with E-state index in [4.69, 9.17) is 20.5 Å². The van der Waals surface area contributed by atoms with Crippen LogP contribution in [0.1, 0.15) is 12.5 Å². The number of benzene rings is 2. The van der Waals surface area contributed by atoms with Crippen molar-refractivity contribution >= 4 is 27.4 Å². The van der Waals surface area contributed by atoms with Crippen LogP contribution in [-0.4, -0.2) is 20.5 Å². The van der Waals surface area contributed by atoms with Crippen molar-refractivity contribution in [2.75, 3.05) is 7.11 Å². The molecule has 7 nitrogen and oxygen atoms in total. The average Bonchev–Trinajstić information content (AvgIpc) is 2.55. The van der Waals surface area contributed by atoms with Crippen molar-refractivity contribution in [1.29, 1.82) is 0 Å². The Morgan fingerprint density at radius 3 is 2.50 bits per heavy atom. The van der Waals surface area contributed by atoms with Gasteiger partial charge >= 0.3 is 10.1 Å². The molecule has 0 aromatic heterocycles. The Bertz CT molecular complexity index is 882. The van der Waals surface area contributed by atoms with Crippen LogP contribution in [0.25, 0.3) is 0 Å². The molecule has 0 saturated carbocycles. The van der Waals surface area contributed by atoms with Crippen molar-refractivity contribution in [2.45, 2.75) is 18.2 Å². The van der Waals surface area contributed by atoms with Crippen molar-refractivity contribution in [2.24, 2.45) is 0 Å². The van der Waals surface area contributed by atoms with Gasteiger partial charge in [0, 0.05) is 17.2 Å². The van der Waals surface area contributed by atoms with Crippen LogP contribution in [0.4, 0.5) is 5.69 Å². The molecule has 9 heteroatoms.